The van der Waals surface area contributed by atoms with Crippen molar-refractivity contribution in [3.8, 4) is 0 Å². The van der Waals surface area contributed by atoms with Crippen LogP contribution in [0.5, 0.6) is 0 Å². The van der Waals surface area contributed by atoms with Crippen LogP contribution in [-0.4, -0.2) is 0 Å². The Hall–Kier alpha value is 0.479. The number of hydrogen-bond donors (Lipinski definition) is 0. The van der Waals surface area contributed by atoms with Crippen molar-refractivity contribution >= 4 is 15.9 Å². The van der Waals surface area contributed by atoms with Crippen molar-refractivity contribution in [2.75, 3.05) is 0 Å². The fourth-order valence-electron chi connectivity index (χ4n) is 1.02. The Labute approximate surface area is 120 Å². The fraction of sp³-hybridized carbons (Fsp3) is 0. The molecule has 10 radical (unpaired) electrons. The summed E-state index contributed by atoms with van der Waals surface area (Å²) in [4.78, 5) is 0. The molecule has 0 nitrogen and oxygen atoms in total. The van der Waals surface area contributed by atoms with Gasteiger partial charge in [-0.25, -0.2) is 0 Å². The topological polar surface area (TPSA) is 0 Å². The van der Waals surface area contributed by atoms with E-state index in [0.29, 0.717) is 0 Å². The molecule has 2 heteroatoms. The second-order valence-corrected chi connectivity index (χ2v) is 3.83. The zero-order chi connectivity index (χ0) is 10.9. The second-order valence-electron chi connectivity index (χ2n) is 2.91. The minimum atomic E-state index is 0. The first kappa shape index (κ1) is 16.5. The molecule has 16 heavy (non-hydrogen) atoms. The summed E-state index contributed by atoms with van der Waals surface area (Å²) in [5.41, 5.74) is 0. The van der Waals surface area contributed by atoms with Crippen LogP contribution in [-0.2, 0) is 17.1 Å². The van der Waals surface area contributed by atoms with Gasteiger partial charge in [-0.05, 0) is 57.8 Å². The van der Waals surface area contributed by atoms with E-state index in [9.17, 15) is 0 Å². The van der Waals surface area contributed by atoms with Crippen LogP contribution >= 0.6 is 15.9 Å². The summed E-state index contributed by atoms with van der Waals surface area (Å²) in [6.07, 6.45) is 21.9. The maximum absolute atomic E-state index is 3.63. The molecule has 0 bridgehead atoms. The minimum absolute atomic E-state index is 0. The molecule has 0 aromatic carbocycles. The molecular weight excluding hydrogens is 304 g/mol. The molecule has 2 aliphatic carbocycles. The molecule has 0 aromatic heterocycles. The van der Waals surface area contributed by atoms with Crippen LogP contribution in [0.4, 0.5) is 0 Å². The number of rotatable bonds is 2. The SMILES string of the molecule is C=C/C(Br)=C/[C]1[CH][CH][CH][CH]1.[CH]1[CH][CH][CH][CH]1.[Fe+2]. The molecule has 0 aromatic rings. The van der Waals surface area contributed by atoms with Crippen molar-refractivity contribution in [3.63, 3.8) is 0 Å². The van der Waals surface area contributed by atoms with Crippen LogP contribution in [0.3, 0.4) is 0 Å². The Morgan fingerprint density at radius 2 is 1.38 bits per heavy atom. The van der Waals surface area contributed by atoms with Gasteiger partial charge in [-0.1, -0.05) is 34.7 Å². The Kier molecular flexibility index (Phi) is 10.9. The quantitative estimate of drug-likeness (QED) is 0.536. The Bertz CT molecular complexity index is 193. The summed E-state index contributed by atoms with van der Waals surface area (Å²) in [7, 11) is 0. The van der Waals surface area contributed by atoms with E-state index in [2.05, 4.69) is 22.5 Å². The maximum atomic E-state index is 3.63. The molecule has 0 atom stereocenters. The molecular formula is C14H13BrFe+2. The summed E-state index contributed by atoms with van der Waals surface area (Å²) in [6, 6.07) is 0. The summed E-state index contributed by atoms with van der Waals surface area (Å²) in [6.45, 7) is 3.63. The van der Waals surface area contributed by atoms with E-state index in [1.54, 1.807) is 6.08 Å². The first-order valence-corrected chi connectivity index (χ1v) is 5.50. The van der Waals surface area contributed by atoms with Gasteiger partial charge in [0.25, 0.3) is 0 Å². The monoisotopic (exact) mass is 316 g/mol. The van der Waals surface area contributed by atoms with Gasteiger partial charge in [-0.3, -0.25) is 0 Å². The van der Waals surface area contributed by atoms with Crippen molar-refractivity contribution in [1.82, 2.24) is 0 Å². The second kappa shape index (κ2) is 10.6. The Morgan fingerprint density at radius 1 is 0.938 bits per heavy atom. The van der Waals surface area contributed by atoms with Crippen LogP contribution in [0.1, 0.15) is 0 Å². The molecule has 0 saturated heterocycles. The van der Waals surface area contributed by atoms with Gasteiger partial charge >= 0.3 is 17.1 Å². The predicted octanol–water partition coefficient (Wildman–Crippen LogP) is 3.88. The largest absolute Gasteiger partial charge is 2.00 e. The maximum Gasteiger partial charge on any atom is 2.00 e. The van der Waals surface area contributed by atoms with Gasteiger partial charge in [-0.2, -0.15) is 0 Å². The van der Waals surface area contributed by atoms with E-state index < -0.39 is 0 Å². The number of halogens is 1. The van der Waals surface area contributed by atoms with Crippen LogP contribution in [0.25, 0.3) is 0 Å². The van der Waals surface area contributed by atoms with Crippen molar-refractivity contribution in [2.24, 2.45) is 0 Å². The molecule has 2 fully saturated rings. The van der Waals surface area contributed by atoms with Crippen molar-refractivity contribution in [2.45, 2.75) is 0 Å². The van der Waals surface area contributed by atoms with Gasteiger partial charge in [0.2, 0.25) is 0 Å². The average Bonchev–Trinajstić information content (AvgIpc) is 2.92. The molecule has 2 saturated carbocycles. The average molecular weight is 317 g/mol. The molecule has 2 aliphatic rings. The van der Waals surface area contributed by atoms with Gasteiger partial charge < -0.3 is 0 Å². The standard InChI is InChI=1S/C9H8Br.C5H5.Fe/c1-2-9(10)7-8-5-3-4-6-8;1-2-4-5-3-1;/h2-7H,1H2;1-5H;/q;;+2/b9-7-;;. The van der Waals surface area contributed by atoms with Gasteiger partial charge in [0.05, 0.1) is 0 Å². The Balaban J connectivity index is 0.000000318. The fourth-order valence-corrected chi connectivity index (χ4v) is 1.29. The predicted molar refractivity (Wildman–Crippen MR) is 69.2 cm³/mol. The first-order chi connectivity index (χ1) is 7.33. The summed E-state index contributed by atoms with van der Waals surface area (Å²) in [5, 5.41) is 0. The summed E-state index contributed by atoms with van der Waals surface area (Å²) in [5.74, 6) is 1.20. The van der Waals surface area contributed by atoms with E-state index in [1.807, 2.05) is 63.9 Å². The van der Waals surface area contributed by atoms with E-state index in [0.717, 1.165) is 4.48 Å². The molecule has 0 amide bonds. The van der Waals surface area contributed by atoms with Crippen molar-refractivity contribution < 1.29 is 17.1 Å². The molecule has 2 rings (SSSR count). The number of allylic oxidation sites excluding steroid dienone is 3. The van der Waals surface area contributed by atoms with E-state index in [1.165, 1.54) is 5.92 Å². The summed E-state index contributed by atoms with van der Waals surface area (Å²) < 4.78 is 1.01. The van der Waals surface area contributed by atoms with Crippen LogP contribution < -0.4 is 0 Å². The molecule has 0 N–H and O–H groups in total. The van der Waals surface area contributed by atoms with Gasteiger partial charge in [0.15, 0.2) is 0 Å². The smallest absolute Gasteiger partial charge is 0.0980 e. The zero-order valence-electron chi connectivity index (χ0n) is 8.79. The van der Waals surface area contributed by atoms with Crippen molar-refractivity contribution in [3.05, 3.63) is 86.9 Å². The van der Waals surface area contributed by atoms with E-state index in [4.69, 9.17) is 0 Å². The van der Waals surface area contributed by atoms with Crippen LogP contribution in [0.2, 0.25) is 0 Å². The first-order valence-electron chi connectivity index (χ1n) is 4.71. The van der Waals surface area contributed by atoms with Crippen LogP contribution in [0.15, 0.2) is 23.2 Å². The zero-order valence-corrected chi connectivity index (χ0v) is 11.5. The third-order valence-electron chi connectivity index (χ3n) is 1.74. The molecule has 0 aliphatic heterocycles. The van der Waals surface area contributed by atoms with E-state index >= 15 is 0 Å². The Morgan fingerprint density at radius 3 is 1.75 bits per heavy atom. The molecule has 0 heterocycles. The normalized spacial score (nSPS) is 20.9. The third-order valence-corrected chi connectivity index (χ3v) is 2.30. The van der Waals surface area contributed by atoms with Gasteiger partial charge in [0, 0.05) is 10.4 Å². The van der Waals surface area contributed by atoms with Crippen molar-refractivity contribution in [1.29, 1.82) is 0 Å². The molecule has 0 spiro atoms. The van der Waals surface area contributed by atoms with E-state index in [-0.39, 0.29) is 17.1 Å². The van der Waals surface area contributed by atoms with Gasteiger partial charge in [0.1, 0.15) is 0 Å². The summed E-state index contributed by atoms with van der Waals surface area (Å²) >= 11 is 3.34. The third kappa shape index (κ3) is 7.70. The van der Waals surface area contributed by atoms with Crippen LogP contribution in [0, 0.1) is 63.7 Å². The molecule has 0 unspecified atom stereocenters. The number of hydrogen-bond acceptors (Lipinski definition) is 0. The minimum Gasteiger partial charge on any atom is -0.0980 e. The van der Waals surface area contributed by atoms with Gasteiger partial charge in [-0.15, -0.1) is 0 Å². The molecule has 82 valence electrons.